The predicted octanol–water partition coefficient (Wildman–Crippen LogP) is 4.59. The largest absolute Gasteiger partial charge is 0.407 e. The summed E-state index contributed by atoms with van der Waals surface area (Å²) in [5.41, 5.74) is 7.78. The summed E-state index contributed by atoms with van der Waals surface area (Å²) >= 11 is 0. The van der Waals surface area contributed by atoms with Crippen LogP contribution in [0.1, 0.15) is 27.2 Å². The summed E-state index contributed by atoms with van der Waals surface area (Å²) in [5.74, 6) is 0. The minimum absolute atomic E-state index is 0.00830. The first-order valence-electron chi connectivity index (χ1n) is 10.9. The Morgan fingerprint density at radius 2 is 1.52 bits per heavy atom. The monoisotopic (exact) mass is 429 g/mol. The second-order valence-electron chi connectivity index (χ2n) is 9.05. The third-order valence-electron chi connectivity index (χ3n) is 5.92. The molecule has 0 fully saturated rings. The van der Waals surface area contributed by atoms with Crippen LogP contribution in [-0.2, 0) is 11.0 Å². The smallest absolute Gasteiger partial charge is 0.261 e. The first-order valence-corrected chi connectivity index (χ1v) is 12.8. The van der Waals surface area contributed by atoms with E-state index in [-0.39, 0.29) is 5.04 Å². The zero-order valence-electron chi connectivity index (χ0n) is 18.6. The van der Waals surface area contributed by atoms with Gasteiger partial charge >= 0.3 is 0 Å². The van der Waals surface area contributed by atoms with Crippen LogP contribution >= 0.6 is 0 Å². The Labute approximate surface area is 185 Å². The van der Waals surface area contributed by atoms with Gasteiger partial charge in [-0.15, -0.1) is 0 Å². The second kappa shape index (κ2) is 8.69. The van der Waals surface area contributed by atoms with Gasteiger partial charge in [-0.3, -0.25) is 4.68 Å². The molecule has 0 aliphatic heterocycles. The summed E-state index contributed by atoms with van der Waals surface area (Å²) in [6.45, 7) is 8.43. The van der Waals surface area contributed by atoms with E-state index in [1.165, 1.54) is 10.4 Å². The number of benzene rings is 3. The fourth-order valence-corrected chi connectivity index (χ4v) is 9.09. The van der Waals surface area contributed by atoms with E-state index in [2.05, 4.69) is 86.5 Å². The quantitative estimate of drug-likeness (QED) is 0.266. The molecule has 4 aromatic rings. The molecule has 0 spiro atoms. The Morgan fingerprint density at radius 1 is 0.903 bits per heavy atom. The van der Waals surface area contributed by atoms with Gasteiger partial charge in [-0.05, 0) is 40.0 Å². The van der Waals surface area contributed by atoms with Crippen LogP contribution in [0.5, 0.6) is 0 Å². The van der Waals surface area contributed by atoms with Gasteiger partial charge in [-0.1, -0.05) is 81.4 Å². The summed E-state index contributed by atoms with van der Waals surface area (Å²) in [4.78, 5) is 0. The van der Waals surface area contributed by atoms with Crippen molar-refractivity contribution in [1.82, 2.24) is 9.78 Å². The van der Waals surface area contributed by atoms with Crippen molar-refractivity contribution in [1.29, 1.82) is 0 Å². The first kappa shape index (κ1) is 21.3. The van der Waals surface area contributed by atoms with Gasteiger partial charge < -0.3 is 10.2 Å². The van der Waals surface area contributed by atoms with Gasteiger partial charge in [-0.2, -0.15) is 5.10 Å². The van der Waals surface area contributed by atoms with Crippen LogP contribution in [0.4, 0.5) is 5.69 Å². The molecule has 1 heterocycles. The molecule has 0 aliphatic rings. The standard InChI is InChI=1S/C26H31N3OSi/c1-26(2,3)31(23-11-6-4-7-12-23,24-13-8-5-9-14-24)30-18-10-17-29-25-16-15-22(27)19-21(25)20-28-29/h4-9,11-16,19-20H,10,17-18,27H2,1-3H3. The van der Waals surface area contributed by atoms with E-state index in [4.69, 9.17) is 10.2 Å². The van der Waals surface area contributed by atoms with E-state index in [1.54, 1.807) is 0 Å². The Bertz CT molecular complexity index is 1090. The molecular weight excluding hydrogens is 398 g/mol. The topological polar surface area (TPSA) is 53.1 Å². The van der Waals surface area contributed by atoms with E-state index < -0.39 is 8.32 Å². The Morgan fingerprint density at radius 3 is 2.10 bits per heavy atom. The molecule has 0 atom stereocenters. The van der Waals surface area contributed by atoms with Crippen LogP contribution < -0.4 is 16.1 Å². The average molecular weight is 430 g/mol. The van der Waals surface area contributed by atoms with Gasteiger partial charge in [0, 0.05) is 24.2 Å². The zero-order chi connectivity index (χ0) is 21.9. The van der Waals surface area contributed by atoms with Crippen molar-refractivity contribution in [2.24, 2.45) is 0 Å². The lowest BCUT2D eigenvalue weighted by molar-refractivity contribution is 0.282. The molecule has 1 aromatic heterocycles. The molecule has 0 radical (unpaired) electrons. The van der Waals surface area contributed by atoms with Crippen LogP contribution in [0.25, 0.3) is 10.9 Å². The minimum atomic E-state index is -2.48. The number of anilines is 1. The van der Waals surface area contributed by atoms with E-state index in [0.717, 1.165) is 29.6 Å². The molecule has 4 rings (SSSR count). The molecule has 0 bridgehead atoms. The van der Waals surface area contributed by atoms with Gasteiger partial charge in [-0.25, -0.2) is 0 Å². The predicted molar refractivity (Wildman–Crippen MR) is 132 cm³/mol. The van der Waals surface area contributed by atoms with Crippen molar-refractivity contribution in [2.75, 3.05) is 12.3 Å². The van der Waals surface area contributed by atoms with Crippen molar-refractivity contribution in [3.05, 3.63) is 85.1 Å². The highest BCUT2D eigenvalue weighted by Gasteiger charge is 2.49. The third kappa shape index (κ3) is 4.16. The van der Waals surface area contributed by atoms with Gasteiger partial charge in [0.2, 0.25) is 0 Å². The summed E-state index contributed by atoms with van der Waals surface area (Å²) < 4.78 is 9.02. The van der Waals surface area contributed by atoms with Crippen LogP contribution in [0.3, 0.4) is 0 Å². The molecule has 0 saturated carbocycles. The molecule has 2 N–H and O–H groups in total. The summed E-state index contributed by atoms with van der Waals surface area (Å²) in [6.07, 6.45) is 2.78. The van der Waals surface area contributed by atoms with Crippen LogP contribution in [0, 0.1) is 0 Å². The fraction of sp³-hybridized carbons (Fsp3) is 0.269. The lowest BCUT2D eigenvalue weighted by Gasteiger charge is -2.43. The number of nitrogens with zero attached hydrogens (tertiary/aromatic N) is 2. The van der Waals surface area contributed by atoms with E-state index in [9.17, 15) is 0 Å². The van der Waals surface area contributed by atoms with Crippen molar-refractivity contribution in [3.8, 4) is 0 Å². The first-order chi connectivity index (χ1) is 14.9. The molecule has 3 aromatic carbocycles. The molecule has 0 aliphatic carbocycles. The third-order valence-corrected chi connectivity index (χ3v) is 11.0. The second-order valence-corrected chi connectivity index (χ2v) is 13.4. The lowest BCUT2D eigenvalue weighted by Crippen LogP contribution is -2.66. The summed E-state index contributed by atoms with van der Waals surface area (Å²) in [6, 6.07) is 27.5. The number of nitrogen functional groups attached to an aromatic ring is 1. The maximum atomic E-state index is 6.97. The zero-order valence-corrected chi connectivity index (χ0v) is 19.6. The van der Waals surface area contributed by atoms with Crippen LogP contribution in [0.2, 0.25) is 5.04 Å². The Kier molecular flexibility index (Phi) is 5.98. The summed E-state index contributed by atoms with van der Waals surface area (Å²) in [5, 5.41) is 8.25. The highest BCUT2D eigenvalue weighted by Crippen LogP contribution is 2.36. The highest BCUT2D eigenvalue weighted by atomic mass is 28.4. The van der Waals surface area contributed by atoms with Crippen molar-refractivity contribution < 1.29 is 4.43 Å². The molecule has 0 unspecified atom stereocenters. The number of nitrogens with two attached hydrogens (primary N) is 1. The minimum Gasteiger partial charge on any atom is -0.407 e. The average Bonchev–Trinajstić information content (AvgIpc) is 3.16. The number of rotatable bonds is 7. The van der Waals surface area contributed by atoms with E-state index in [1.807, 2.05) is 29.1 Å². The molecule has 160 valence electrons. The van der Waals surface area contributed by atoms with Crippen LogP contribution in [-0.4, -0.2) is 24.7 Å². The highest BCUT2D eigenvalue weighted by molar-refractivity contribution is 6.99. The molecule has 0 amide bonds. The number of fused-ring (bicyclic) bond motifs is 1. The van der Waals surface area contributed by atoms with E-state index >= 15 is 0 Å². The Balaban J connectivity index is 1.59. The van der Waals surface area contributed by atoms with Crippen molar-refractivity contribution >= 4 is 35.3 Å². The number of hydrogen-bond donors (Lipinski definition) is 1. The maximum absolute atomic E-state index is 6.97. The molecule has 31 heavy (non-hydrogen) atoms. The van der Waals surface area contributed by atoms with Crippen molar-refractivity contribution in [3.63, 3.8) is 0 Å². The van der Waals surface area contributed by atoms with Crippen LogP contribution in [0.15, 0.2) is 85.1 Å². The van der Waals surface area contributed by atoms with E-state index in [0.29, 0.717) is 6.61 Å². The van der Waals surface area contributed by atoms with Gasteiger partial charge in [0.05, 0.1) is 11.7 Å². The number of aromatic nitrogens is 2. The van der Waals surface area contributed by atoms with Gasteiger partial charge in [0.25, 0.3) is 8.32 Å². The summed E-state index contributed by atoms with van der Waals surface area (Å²) in [7, 11) is -2.48. The molecule has 4 nitrogen and oxygen atoms in total. The molecule has 0 saturated heterocycles. The van der Waals surface area contributed by atoms with Gasteiger partial charge in [0.15, 0.2) is 0 Å². The lowest BCUT2D eigenvalue weighted by atomic mass is 10.2. The van der Waals surface area contributed by atoms with Gasteiger partial charge in [0.1, 0.15) is 0 Å². The molecule has 5 heteroatoms. The Hall–Kier alpha value is -2.89. The normalized spacial score (nSPS) is 12.4. The number of aryl methyl sites for hydroxylation is 1. The SMILES string of the molecule is CC(C)(C)[Si](OCCCn1ncc2cc(N)ccc21)(c1ccccc1)c1ccccc1. The van der Waals surface area contributed by atoms with Crippen molar-refractivity contribution in [2.45, 2.75) is 38.8 Å². The maximum Gasteiger partial charge on any atom is 0.261 e. The fourth-order valence-electron chi connectivity index (χ4n) is 4.48. The number of hydrogen-bond acceptors (Lipinski definition) is 3. The molecular formula is C26H31N3OSi.